The number of hydrogen-bond acceptors (Lipinski definition) is 4. The van der Waals surface area contributed by atoms with E-state index in [1.54, 1.807) is 30.5 Å². The Balaban J connectivity index is 2.07. The van der Waals surface area contributed by atoms with E-state index in [2.05, 4.69) is 0 Å². The predicted octanol–water partition coefficient (Wildman–Crippen LogP) is 3.55. The summed E-state index contributed by atoms with van der Waals surface area (Å²) in [4.78, 5) is 13.0. The van der Waals surface area contributed by atoms with Gasteiger partial charge in [-0.3, -0.25) is 4.21 Å². The maximum absolute atomic E-state index is 12.3. The minimum absolute atomic E-state index is 0.191. The third kappa shape index (κ3) is 3.12. The molecule has 3 rings (SSSR count). The minimum Gasteiger partial charge on any atom is -0.449 e. The summed E-state index contributed by atoms with van der Waals surface area (Å²) < 4.78 is 22.9. The van der Waals surface area contributed by atoms with Gasteiger partial charge < -0.3 is 9.47 Å². The molecule has 4 nitrogen and oxygen atoms in total. The van der Waals surface area contributed by atoms with Crippen LogP contribution in [-0.2, 0) is 20.3 Å². The Morgan fingerprint density at radius 1 is 1.00 bits per heavy atom. The molecule has 1 heterocycles. The number of rotatable bonds is 4. The van der Waals surface area contributed by atoms with Crippen LogP contribution >= 0.6 is 0 Å². The second-order valence-electron chi connectivity index (χ2n) is 6.00. The lowest BCUT2D eigenvalue weighted by Crippen LogP contribution is -2.22. The first-order valence-electron chi connectivity index (χ1n) is 7.53. The maximum atomic E-state index is 12.3. The average molecular weight is 342 g/mol. The second-order valence-corrected chi connectivity index (χ2v) is 7.38. The van der Waals surface area contributed by atoms with E-state index < -0.39 is 22.4 Å². The molecule has 0 aliphatic carbocycles. The number of ether oxygens (including phenoxy) is 2. The Hall–Kier alpha value is -2.40. The number of para-hydroxylation sites is 1. The van der Waals surface area contributed by atoms with E-state index in [4.69, 9.17) is 9.47 Å². The topological polar surface area (TPSA) is 52.6 Å². The van der Waals surface area contributed by atoms with Crippen molar-refractivity contribution >= 4 is 22.3 Å². The van der Waals surface area contributed by atoms with Gasteiger partial charge in [-0.15, -0.1) is 0 Å². The normalized spacial score (nSPS) is 17.5. The van der Waals surface area contributed by atoms with E-state index in [1.807, 2.05) is 44.2 Å². The predicted molar refractivity (Wildman–Crippen MR) is 92.9 cm³/mol. The van der Waals surface area contributed by atoms with Crippen LogP contribution in [0.1, 0.15) is 19.4 Å². The number of hydrogen-bond donors (Lipinski definition) is 0. The molecule has 1 unspecified atom stereocenters. The van der Waals surface area contributed by atoms with Crippen LogP contribution in [0.5, 0.6) is 5.75 Å². The van der Waals surface area contributed by atoms with Crippen LogP contribution in [0.4, 0.5) is 0 Å². The van der Waals surface area contributed by atoms with Gasteiger partial charge in [0.1, 0.15) is 11.4 Å². The lowest BCUT2D eigenvalue weighted by atomic mass is 9.92. The van der Waals surface area contributed by atoms with E-state index in [0.717, 1.165) is 10.5 Å². The highest BCUT2D eigenvalue weighted by Crippen LogP contribution is 2.40. The van der Waals surface area contributed by atoms with Crippen LogP contribution in [0.15, 0.2) is 65.3 Å². The summed E-state index contributed by atoms with van der Waals surface area (Å²) in [5.41, 5.74) is 0.699. The molecule has 0 aromatic heterocycles. The van der Waals surface area contributed by atoms with Crippen LogP contribution < -0.4 is 4.74 Å². The third-order valence-corrected chi connectivity index (χ3v) is 4.74. The molecule has 2 aromatic carbocycles. The van der Waals surface area contributed by atoms with Crippen LogP contribution in [-0.4, -0.2) is 22.0 Å². The van der Waals surface area contributed by atoms with Crippen LogP contribution in [0.3, 0.4) is 0 Å². The van der Waals surface area contributed by atoms with E-state index in [0.29, 0.717) is 11.3 Å². The highest BCUT2D eigenvalue weighted by atomic mass is 32.2. The van der Waals surface area contributed by atoms with Crippen molar-refractivity contribution in [2.45, 2.75) is 24.3 Å². The largest absolute Gasteiger partial charge is 0.449 e. The molecular formula is C19H18O4S. The molecule has 0 fully saturated rings. The first kappa shape index (κ1) is 16.5. The molecule has 1 aliphatic rings. The van der Waals surface area contributed by atoms with Gasteiger partial charge in [0, 0.05) is 22.0 Å². The third-order valence-electron chi connectivity index (χ3n) is 3.80. The SMILES string of the molecule is CS(=O)c1ccc(C2=C(Oc3ccccc3)C(=O)OC2(C)C)cc1. The zero-order valence-electron chi connectivity index (χ0n) is 13.7. The molecule has 0 saturated carbocycles. The monoisotopic (exact) mass is 342 g/mol. The summed E-state index contributed by atoms with van der Waals surface area (Å²) in [7, 11) is -1.05. The van der Waals surface area contributed by atoms with Crippen molar-refractivity contribution in [3.05, 3.63) is 65.9 Å². The van der Waals surface area contributed by atoms with Gasteiger partial charge in [-0.05, 0) is 43.7 Å². The molecule has 124 valence electrons. The van der Waals surface area contributed by atoms with Gasteiger partial charge >= 0.3 is 5.97 Å². The molecule has 1 atom stereocenters. The number of esters is 1. The fraction of sp³-hybridized carbons (Fsp3) is 0.211. The van der Waals surface area contributed by atoms with E-state index in [9.17, 15) is 9.00 Å². The van der Waals surface area contributed by atoms with Gasteiger partial charge in [0.2, 0.25) is 5.76 Å². The molecule has 0 spiro atoms. The molecule has 24 heavy (non-hydrogen) atoms. The van der Waals surface area contributed by atoms with Gasteiger partial charge in [0.15, 0.2) is 0 Å². The lowest BCUT2D eigenvalue weighted by molar-refractivity contribution is -0.145. The zero-order valence-corrected chi connectivity index (χ0v) is 14.6. The van der Waals surface area contributed by atoms with Crippen LogP contribution in [0, 0.1) is 0 Å². The molecule has 0 saturated heterocycles. The molecule has 0 amide bonds. The quantitative estimate of drug-likeness (QED) is 0.798. The van der Waals surface area contributed by atoms with Gasteiger partial charge in [-0.1, -0.05) is 30.3 Å². The smallest absolute Gasteiger partial charge is 0.375 e. The standard InChI is InChI=1S/C19H18O4S/c1-19(2)16(13-9-11-15(12-10-13)24(3)21)17(18(20)23-19)22-14-7-5-4-6-8-14/h4-12H,1-3H3. The van der Waals surface area contributed by atoms with Crippen LogP contribution in [0.2, 0.25) is 0 Å². The fourth-order valence-electron chi connectivity index (χ4n) is 2.70. The summed E-state index contributed by atoms with van der Waals surface area (Å²) in [5, 5.41) is 0. The van der Waals surface area contributed by atoms with Gasteiger partial charge in [-0.25, -0.2) is 4.79 Å². The van der Waals surface area contributed by atoms with Gasteiger partial charge in [-0.2, -0.15) is 0 Å². The first-order chi connectivity index (χ1) is 11.4. The Morgan fingerprint density at radius 3 is 2.21 bits per heavy atom. The maximum Gasteiger partial charge on any atom is 0.375 e. The van der Waals surface area contributed by atoms with Crippen LogP contribution in [0.25, 0.3) is 5.57 Å². The number of cyclic esters (lactones) is 1. The van der Waals surface area contributed by atoms with E-state index in [-0.39, 0.29) is 5.76 Å². The molecule has 0 bridgehead atoms. The van der Waals surface area contributed by atoms with E-state index >= 15 is 0 Å². The molecule has 1 aliphatic heterocycles. The molecular weight excluding hydrogens is 324 g/mol. The average Bonchev–Trinajstić information content (AvgIpc) is 2.77. The van der Waals surface area contributed by atoms with Gasteiger partial charge in [0.05, 0.1) is 5.57 Å². The zero-order chi connectivity index (χ0) is 17.3. The van der Waals surface area contributed by atoms with Crippen molar-refractivity contribution in [2.75, 3.05) is 6.26 Å². The number of carbonyl (C=O) groups is 1. The first-order valence-corrected chi connectivity index (χ1v) is 9.09. The number of carbonyl (C=O) groups excluding carboxylic acids is 1. The summed E-state index contributed by atoms with van der Waals surface area (Å²) in [6.45, 7) is 3.65. The second kappa shape index (κ2) is 6.24. The summed E-state index contributed by atoms with van der Waals surface area (Å²) in [5.74, 6) is 0.282. The Bertz CT molecular complexity index is 820. The molecule has 5 heteroatoms. The Morgan fingerprint density at radius 2 is 1.62 bits per heavy atom. The summed E-state index contributed by atoms with van der Waals surface area (Å²) in [6.07, 6.45) is 1.63. The Labute approximate surface area is 143 Å². The highest BCUT2D eigenvalue weighted by Gasteiger charge is 2.43. The molecule has 0 radical (unpaired) electrons. The summed E-state index contributed by atoms with van der Waals surface area (Å²) >= 11 is 0. The van der Waals surface area contributed by atoms with Crippen molar-refractivity contribution in [2.24, 2.45) is 0 Å². The minimum atomic E-state index is -1.05. The van der Waals surface area contributed by atoms with Crippen molar-refractivity contribution in [3.8, 4) is 5.75 Å². The number of benzene rings is 2. The van der Waals surface area contributed by atoms with Crippen molar-refractivity contribution < 1.29 is 18.5 Å². The summed E-state index contributed by atoms with van der Waals surface area (Å²) in [6, 6.07) is 16.4. The highest BCUT2D eigenvalue weighted by molar-refractivity contribution is 7.84. The molecule has 0 N–H and O–H groups in total. The fourth-order valence-corrected chi connectivity index (χ4v) is 3.21. The van der Waals surface area contributed by atoms with E-state index in [1.165, 1.54) is 0 Å². The lowest BCUT2D eigenvalue weighted by Gasteiger charge is -2.21. The van der Waals surface area contributed by atoms with Crippen molar-refractivity contribution in [3.63, 3.8) is 0 Å². The van der Waals surface area contributed by atoms with Crippen molar-refractivity contribution in [1.82, 2.24) is 0 Å². The van der Waals surface area contributed by atoms with Gasteiger partial charge in [0.25, 0.3) is 0 Å². The Kier molecular flexibility index (Phi) is 4.28. The van der Waals surface area contributed by atoms with Crippen molar-refractivity contribution in [1.29, 1.82) is 0 Å². The molecule has 2 aromatic rings.